The van der Waals surface area contributed by atoms with Crippen molar-refractivity contribution in [1.29, 1.82) is 0 Å². The second-order valence-corrected chi connectivity index (χ2v) is 6.23. The topological polar surface area (TPSA) is 148 Å². The van der Waals surface area contributed by atoms with Crippen molar-refractivity contribution in [1.82, 2.24) is 5.32 Å². The highest BCUT2D eigenvalue weighted by Gasteiger charge is 2.71. The average molecular weight is 343 g/mol. The number of aliphatic carboxylic acids is 2. The third kappa shape index (κ3) is 2.46. The van der Waals surface area contributed by atoms with Crippen LogP contribution in [0.4, 0.5) is 0 Å². The highest BCUT2D eigenvalue weighted by molar-refractivity contribution is 5.94. The van der Waals surface area contributed by atoms with Gasteiger partial charge in [-0.05, 0) is 6.92 Å². The van der Waals surface area contributed by atoms with Gasteiger partial charge in [-0.25, -0.2) is 4.79 Å². The fourth-order valence-corrected chi connectivity index (χ4v) is 3.83. The third-order valence-corrected chi connectivity index (χ3v) is 4.66. The number of rotatable bonds is 5. The summed E-state index contributed by atoms with van der Waals surface area (Å²) in [6.07, 6.45) is -3.16. The minimum atomic E-state index is -1.78. The lowest BCUT2D eigenvalue weighted by atomic mass is 9.80. The molecule has 10 nitrogen and oxygen atoms in total. The van der Waals surface area contributed by atoms with Crippen LogP contribution in [0.25, 0.3) is 0 Å². The van der Waals surface area contributed by atoms with Crippen LogP contribution in [-0.2, 0) is 33.4 Å². The summed E-state index contributed by atoms with van der Waals surface area (Å²) in [5.41, 5.74) is -1.78. The number of amides is 1. The monoisotopic (exact) mass is 343 g/mol. The number of fused-ring (bicyclic) bond motifs is 3. The van der Waals surface area contributed by atoms with E-state index < -0.39 is 60.1 Å². The zero-order valence-electron chi connectivity index (χ0n) is 12.8. The SMILES string of the molecule is CC(=O)C[C@@H]1OCO[C@H]2[C@@H]1O[C@]1(CC(=O)O)[C@@H](C(=O)O)NC(=O)[C@H]21. The molecule has 0 aromatic rings. The van der Waals surface area contributed by atoms with E-state index in [1.807, 2.05) is 0 Å². The highest BCUT2D eigenvalue weighted by Crippen LogP contribution is 2.49. The van der Waals surface area contributed by atoms with Crippen LogP contribution in [-0.4, -0.2) is 70.6 Å². The van der Waals surface area contributed by atoms with E-state index in [1.54, 1.807) is 0 Å². The maximum Gasteiger partial charge on any atom is 0.329 e. The Bertz CT molecular complexity index is 605. The molecule has 24 heavy (non-hydrogen) atoms. The first-order valence-corrected chi connectivity index (χ1v) is 7.41. The Morgan fingerprint density at radius 3 is 2.54 bits per heavy atom. The summed E-state index contributed by atoms with van der Waals surface area (Å²) in [5.74, 6) is -4.61. The van der Waals surface area contributed by atoms with E-state index in [1.165, 1.54) is 6.92 Å². The van der Waals surface area contributed by atoms with Crippen LogP contribution < -0.4 is 5.32 Å². The average Bonchev–Trinajstić information content (AvgIpc) is 2.91. The second kappa shape index (κ2) is 5.80. The number of Topliss-reactive ketones (excluding diaryl/α,β-unsaturated/α-hetero) is 1. The molecular weight excluding hydrogens is 326 g/mol. The molecule has 3 rings (SSSR count). The van der Waals surface area contributed by atoms with Gasteiger partial charge in [0.2, 0.25) is 5.91 Å². The van der Waals surface area contributed by atoms with Gasteiger partial charge in [-0.2, -0.15) is 0 Å². The van der Waals surface area contributed by atoms with Gasteiger partial charge >= 0.3 is 11.9 Å². The molecule has 0 aromatic carbocycles. The number of carbonyl (C=O) groups excluding carboxylic acids is 2. The molecule has 0 unspecified atom stereocenters. The highest BCUT2D eigenvalue weighted by atomic mass is 16.7. The molecule has 0 spiro atoms. The van der Waals surface area contributed by atoms with Crippen LogP contribution in [0.5, 0.6) is 0 Å². The molecule has 0 bridgehead atoms. The number of carboxylic acids is 2. The molecule has 6 atom stereocenters. The first-order valence-electron chi connectivity index (χ1n) is 7.41. The molecule has 3 N–H and O–H groups in total. The molecule has 3 aliphatic rings. The number of ether oxygens (including phenoxy) is 3. The van der Waals surface area contributed by atoms with Gasteiger partial charge in [0.25, 0.3) is 0 Å². The maximum atomic E-state index is 12.3. The lowest BCUT2D eigenvalue weighted by Crippen LogP contribution is -2.53. The standard InChI is InChI=1S/C14H17NO9/c1-5(16)2-6-9-10(23-4-22-6)8-12(19)15-11(13(20)21)14(8,24-9)3-7(17)18/h6,8-11H,2-4H2,1H3,(H,15,19)(H,17,18)(H,20,21)/t6-,8-,9+,10+,11+,14-/m0/s1. The van der Waals surface area contributed by atoms with Gasteiger partial charge < -0.3 is 29.7 Å². The molecule has 132 valence electrons. The first kappa shape index (κ1) is 16.8. The smallest absolute Gasteiger partial charge is 0.329 e. The van der Waals surface area contributed by atoms with Crippen LogP contribution >= 0.6 is 0 Å². The fraction of sp³-hybridized carbons (Fsp3) is 0.714. The molecule has 3 heterocycles. The Kier molecular flexibility index (Phi) is 4.06. The molecular formula is C14H17NO9. The third-order valence-electron chi connectivity index (χ3n) is 4.66. The van der Waals surface area contributed by atoms with Gasteiger partial charge in [0.05, 0.1) is 18.4 Å². The summed E-state index contributed by atoms with van der Waals surface area (Å²) in [7, 11) is 0. The first-order chi connectivity index (χ1) is 11.3. The quantitative estimate of drug-likeness (QED) is 0.543. The predicted molar refractivity (Wildman–Crippen MR) is 72.8 cm³/mol. The number of carboxylic acid groups (broad SMARTS) is 2. The van der Waals surface area contributed by atoms with E-state index in [4.69, 9.17) is 14.2 Å². The summed E-state index contributed by atoms with van der Waals surface area (Å²) in [5, 5.41) is 20.9. The maximum absolute atomic E-state index is 12.3. The fourth-order valence-electron chi connectivity index (χ4n) is 3.83. The van der Waals surface area contributed by atoms with Crippen molar-refractivity contribution in [2.24, 2.45) is 5.92 Å². The summed E-state index contributed by atoms with van der Waals surface area (Å²) in [6, 6.07) is -1.52. The minimum absolute atomic E-state index is 0.000243. The van der Waals surface area contributed by atoms with Gasteiger partial charge in [-0.1, -0.05) is 0 Å². The van der Waals surface area contributed by atoms with Crippen LogP contribution in [0.2, 0.25) is 0 Å². The minimum Gasteiger partial charge on any atom is -0.481 e. The van der Waals surface area contributed by atoms with Crippen LogP contribution in [0.15, 0.2) is 0 Å². The van der Waals surface area contributed by atoms with Crippen LogP contribution in [0, 0.1) is 5.92 Å². The van der Waals surface area contributed by atoms with Gasteiger partial charge in [-0.15, -0.1) is 0 Å². The molecule has 0 aromatic heterocycles. The van der Waals surface area contributed by atoms with Crippen LogP contribution in [0.1, 0.15) is 19.8 Å². The molecule has 1 amide bonds. The summed E-state index contributed by atoms with van der Waals surface area (Å²) in [6.45, 7) is 1.18. The van der Waals surface area contributed by atoms with Crippen molar-refractivity contribution < 1.29 is 43.6 Å². The molecule has 0 saturated carbocycles. The normalized spacial score (nSPS) is 40.5. The molecule has 0 aliphatic carbocycles. The second-order valence-electron chi connectivity index (χ2n) is 6.23. The summed E-state index contributed by atoms with van der Waals surface area (Å²) < 4.78 is 16.6. The lowest BCUT2D eigenvalue weighted by Gasteiger charge is -2.34. The zero-order chi connectivity index (χ0) is 17.6. The van der Waals surface area contributed by atoms with Crippen molar-refractivity contribution in [3.8, 4) is 0 Å². The van der Waals surface area contributed by atoms with Crippen molar-refractivity contribution in [2.45, 2.75) is 49.7 Å². The number of hydrogen-bond donors (Lipinski definition) is 3. The molecule has 3 saturated heterocycles. The van der Waals surface area contributed by atoms with Gasteiger partial charge in [0.1, 0.15) is 30.4 Å². The number of hydrogen-bond acceptors (Lipinski definition) is 7. The zero-order valence-corrected chi connectivity index (χ0v) is 12.8. The van der Waals surface area contributed by atoms with Crippen molar-refractivity contribution >= 4 is 23.6 Å². The largest absolute Gasteiger partial charge is 0.481 e. The summed E-state index contributed by atoms with van der Waals surface area (Å²) >= 11 is 0. The number of carbonyl (C=O) groups is 4. The Morgan fingerprint density at radius 1 is 1.25 bits per heavy atom. The number of ketones is 1. The van der Waals surface area contributed by atoms with Crippen molar-refractivity contribution in [3.63, 3.8) is 0 Å². The molecule has 3 fully saturated rings. The van der Waals surface area contributed by atoms with Crippen molar-refractivity contribution in [3.05, 3.63) is 0 Å². The summed E-state index contributed by atoms with van der Waals surface area (Å²) in [4.78, 5) is 46.5. The van der Waals surface area contributed by atoms with Crippen LogP contribution in [0.3, 0.4) is 0 Å². The molecule has 3 aliphatic heterocycles. The Balaban J connectivity index is 2.00. The van der Waals surface area contributed by atoms with E-state index in [2.05, 4.69) is 5.32 Å². The Morgan fingerprint density at radius 2 is 1.96 bits per heavy atom. The van der Waals surface area contributed by atoms with Gasteiger partial charge in [0.15, 0.2) is 6.04 Å². The number of nitrogens with one attached hydrogen (secondary N) is 1. The molecule has 0 radical (unpaired) electrons. The van der Waals surface area contributed by atoms with E-state index in [-0.39, 0.29) is 19.0 Å². The van der Waals surface area contributed by atoms with E-state index in [9.17, 15) is 29.4 Å². The van der Waals surface area contributed by atoms with Crippen molar-refractivity contribution in [2.75, 3.05) is 6.79 Å². The predicted octanol–water partition coefficient (Wildman–Crippen LogP) is -1.48. The lowest BCUT2D eigenvalue weighted by molar-refractivity contribution is -0.229. The Labute approximate surface area is 136 Å². The molecule has 10 heteroatoms. The Hall–Kier alpha value is -2.04. The van der Waals surface area contributed by atoms with E-state index in [0.717, 1.165) is 0 Å². The van der Waals surface area contributed by atoms with E-state index in [0.29, 0.717) is 0 Å². The van der Waals surface area contributed by atoms with Gasteiger partial charge in [-0.3, -0.25) is 14.4 Å². The van der Waals surface area contributed by atoms with Gasteiger partial charge in [0, 0.05) is 6.42 Å². The van der Waals surface area contributed by atoms with E-state index >= 15 is 0 Å².